The van der Waals surface area contributed by atoms with Crippen LogP contribution in [0.25, 0.3) is 0 Å². The number of furan rings is 1. The molecule has 0 aliphatic carbocycles. The molecule has 1 aliphatic rings. The van der Waals surface area contributed by atoms with Gasteiger partial charge >= 0.3 is 6.09 Å². The van der Waals surface area contributed by atoms with Crippen LogP contribution < -0.4 is 10.2 Å². The molecule has 1 saturated heterocycles. The summed E-state index contributed by atoms with van der Waals surface area (Å²) < 4.78 is 10.2. The summed E-state index contributed by atoms with van der Waals surface area (Å²) in [6, 6.07) is 6.95. The van der Waals surface area contributed by atoms with Gasteiger partial charge < -0.3 is 14.5 Å². The summed E-state index contributed by atoms with van der Waals surface area (Å²) in [4.78, 5) is 25.0. The highest BCUT2D eigenvalue weighted by Gasteiger charge is 2.33. The number of thiophene rings is 1. The molecule has 2 amide bonds. The van der Waals surface area contributed by atoms with Crippen LogP contribution in [0.1, 0.15) is 10.6 Å². The van der Waals surface area contributed by atoms with E-state index in [1.807, 2.05) is 17.5 Å². The summed E-state index contributed by atoms with van der Waals surface area (Å²) in [6.45, 7) is 0.685. The molecular formula is C13H12N2O4S. The fourth-order valence-electron chi connectivity index (χ4n) is 1.93. The maximum absolute atomic E-state index is 11.7. The third-order valence-corrected chi connectivity index (χ3v) is 3.77. The molecule has 0 bridgehead atoms. The minimum atomic E-state index is -0.385. The van der Waals surface area contributed by atoms with E-state index >= 15 is 0 Å². The number of hydrogen-bond acceptors (Lipinski definition) is 5. The first-order chi connectivity index (χ1) is 9.74. The normalized spacial score (nSPS) is 18.1. The fraction of sp³-hybridized carbons (Fsp3) is 0.231. The van der Waals surface area contributed by atoms with E-state index in [2.05, 4.69) is 5.32 Å². The van der Waals surface area contributed by atoms with E-state index in [0.717, 1.165) is 5.00 Å². The minimum absolute atomic E-state index is 0.240. The molecule has 6 nitrogen and oxygen atoms in total. The molecule has 1 N–H and O–H groups in total. The number of hydrogen-bond donors (Lipinski definition) is 1. The number of carbonyl (C=O) groups excluding carboxylic acids is 2. The van der Waals surface area contributed by atoms with E-state index in [9.17, 15) is 9.59 Å². The van der Waals surface area contributed by atoms with Crippen LogP contribution in [-0.2, 0) is 4.74 Å². The Hall–Kier alpha value is -2.28. The van der Waals surface area contributed by atoms with Gasteiger partial charge in [-0.05, 0) is 29.6 Å². The molecule has 104 valence electrons. The molecule has 0 radical (unpaired) electrons. The zero-order valence-corrected chi connectivity index (χ0v) is 11.3. The predicted octanol–water partition coefficient (Wildman–Crippen LogP) is 2.10. The van der Waals surface area contributed by atoms with Crippen molar-refractivity contribution in [1.82, 2.24) is 5.32 Å². The zero-order chi connectivity index (χ0) is 13.9. The lowest BCUT2D eigenvalue weighted by Crippen LogP contribution is -2.34. The molecule has 1 fully saturated rings. The number of carbonyl (C=O) groups is 2. The maximum Gasteiger partial charge on any atom is 0.415 e. The largest absolute Gasteiger partial charge is 0.459 e. The molecule has 2 aromatic rings. The van der Waals surface area contributed by atoms with Crippen molar-refractivity contribution >= 4 is 28.3 Å². The van der Waals surface area contributed by atoms with Gasteiger partial charge in [0.15, 0.2) is 5.76 Å². The van der Waals surface area contributed by atoms with Crippen LogP contribution in [0.15, 0.2) is 40.3 Å². The van der Waals surface area contributed by atoms with Gasteiger partial charge in [-0.2, -0.15) is 0 Å². The molecule has 0 aromatic carbocycles. The molecule has 20 heavy (non-hydrogen) atoms. The van der Waals surface area contributed by atoms with Crippen molar-refractivity contribution < 1.29 is 18.7 Å². The predicted molar refractivity (Wildman–Crippen MR) is 73.0 cm³/mol. The number of amides is 2. The van der Waals surface area contributed by atoms with Crippen molar-refractivity contribution in [3.8, 4) is 0 Å². The first-order valence-electron chi connectivity index (χ1n) is 6.07. The number of nitrogens with one attached hydrogen (secondary N) is 1. The van der Waals surface area contributed by atoms with Crippen LogP contribution in [0.3, 0.4) is 0 Å². The maximum atomic E-state index is 11.7. The summed E-state index contributed by atoms with van der Waals surface area (Å²) in [5, 5.41) is 5.42. The van der Waals surface area contributed by atoms with E-state index in [1.165, 1.54) is 17.6 Å². The average molecular weight is 292 g/mol. The number of nitrogens with zero attached hydrogens (tertiary/aromatic N) is 1. The van der Waals surface area contributed by atoms with Crippen LogP contribution in [0.2, 0.25) is 0 Å². The van der Waals surface area contributed by atoms with Gasteiger partial charge in [-0.3, -0.25) is 9.69 Å². The smallest absolute Gasteiger partial charge is 0.415 e. The molecule has 1 atom stereocenters. The van der Waals surface area contributed by atoms with Gasteiger partial charge in [0.25, 0.3) is 5.91 Å². The third kappa shape index (κ3) is 2.53. The van der Waals surface area contributed by atoms with Gasteiger partial charge in [-0.25, -0.2) is 4.79 Å². The molecule has 7 heteroatoms. The third-order valence-electron chi connectivity index (χ3n) is 2.88. The Morgan fingerprint density at radius 2 is 2.35 bits per heavy atom. The number of ether oxygens (including phenoxy) is 1. The van der Waals surface area contributed by atoms with Crippen LogP contribution in [-0.4, -0.2) is 31.2 Å². The standard InChI is InChI=1S/C13H12N2O4S/c16-12(10-3-1-5-18-10)14-7-9-8-15(13(17)19-9)11-4-2-6-20-11/h1-6,9H,7-8H2,(H,14,16). The van der Waals surface area contributed by atoms with Crippen LogP contribution in [0.5, 0.6) is 0 Å². The molecule has 1 unspecified atom stereocenters. The molecule has 3 heterocycles. The van der Waals surface area contributed by atoms with Gasteiger partial charge in [0.2, 0.25) is 0 Å². The highest BCUT2D eigenvalue weighted by Crippen LogP contribution is 2.26. The summed E-state index contributed by atoms with van der Waals surface area (Å²) in [5.41, 5.74) is 0. The lowest BCUT2D eigenvalue weighted by molar-refractivity contribution is 0.0889. The van der Waals surface area contributed by atoms with E-state index < -0.39 is 0 Å². The van der Waals surface area contributed by atoms with E-state index in [4.69, 9.17) is 9.15 Å². The van der Waals surface area contributed by atoms with Crippen molar-refractivity contribution in [3.05, 3.63) is 41.7 Å². The van der Waals surface area contributed by atoms with Crippen molar-refractivity contribution in [1.29, 1.82) is 0 Å². The molecule has 3 rings (SSSR count). The van der Waals surface area contributed by atoms with Crippen molar-refractivity contribution in [2.45, 2.75) is 6.10 Å². The van der Waals surface area contributed by atoms with Crippen LogP contribution >= 0.6 is 11.3 Å². The first kappa shape index (κ1) is 12.7. The molecular weight excluding hydrogens is 280 g/mol. The van der Waals surface area contributed by atoms with E-state index in [1.54, 1.807) is 17.0 Å². The SMILES string of the molecule is O=C(NCC1CN(c2cccs2)C(=O)O1)c1ccco1. The quantitative estimate of drug-likeness (QED) is 0.936. The van der Waals surface area contributed by atoms with Gasteiger partial charge in [-0.15, -0.1) is 11.3 Å². The summed E-state index contributed by atoms with van der Waals surface area (Å²) in [7, 11) is 0. The Balaban J connectivity index is 1.55. The second-order valence-electron chi connectivity index (χ2n) is 4.25. The Morgan fingerprint density at radius 1 is 1.45 bits per heavy atom. The average Bonchev–Trinajstić information content (AvgIpc) is 3.17. The Morgan fingerprint density at radius 3 is 3.05 bits per heavy atom. The van der Waals surface area contributed by atoms with Crippen molar-refractivity contribution in [2.24, 2.45) is 0 Å². The van der Waals surface area contributed by atoms with Gasteiger partial charge in [0, 0.05) is 0 Å². The van der Waals surface area contributed by atoms with E-state index in [-0.39, 0.29) is 30.4 Å². The van der Waals surface area contributed by atoms with Crippen molar-refractivity contribution in [3.63, 3.8) is 0 Å². The summed E-state index contributed by atoms with van der Waals surface area (Å²) in [6.07, 6.45) is 0.691. The molecule has 1 aliphatic heterocycles. The lowest BCUT2D eigenvalue weighted by Gasteiger charge is -2.10. The fourth-order valence-corrected chi connectivity index (χ4v) is 2.66. The Labute approximate surface area is 118 Å². The van der Waals surface area contributed by atoms with Gasteiger partial charge in [0.1, 0.15) is 11.1 Å². The first-order valence-corrected chi connectivity index (χ1v) is 6.95. The highest BCUT2D eigenvalue weighted by molar-refractivity contribution is 7.14. The van der Waals surface area contributed by atoms with Crippen LogP contribution in [0.4, 0.5) is 9.80 Å². The highest BCUT2D eigenvalue weighted by atomic mass is 32.1. The topological polar surface area (TPSA) is 71.8 Å². The summed E-state index contributed by atoms with van der Waals surface area (Å²) in [5.74, 6) is -0.0786. The lowest BCUT2D eigenvalue weighted by atomic mass is 10.3. The molecule has 0 spiro atoms. The van der Waals surface area contributed by atoms with E-state index in [0.29, 0.717) is 6.54 Å². The molecule has 0 saturated carbocycles. The summed E-state index contributed by atoms with van der Waals surface area (Å²) >= 11 is 1.47. The number of cyclic esters (lactones) is 1. The number of anilines is 1. The minimum Gasteiger partial charge on any atom is -0.459 e. The van der Waals surface area contributed by atoms with Crippen molar-refractivity contribution in [2.75, 3.05) is 18.0 Å². The molecule has 2 aromatic heterocycles. The second kappa shape index (κ2) is 5.38. The van der Waals surface area contributed by atoms with Crippen LogP contribution in [0, 0.1) is 0 Å². The van der Waals surface area contributed by atoms with Gasteiger partial charge in [-0.1, -0.05) is 0 Å². The zero-order valence-electron chi connectivity index (χ0n) is 10.4. The van der Waals surface area contributed by atoms with Gasteiger partial charge in [0.05, 0.1) is 19.4 Å². The Kier molecular flexibility index (Phi) is 3.42. The number of rotatable bonds is 4. The Bertz CT molecular complexity index is 594. The monoisotopic (exact) mass is 292 g/mol. The second-order valence-corrected chi connectivity index (χ2v) is 5.18.